The maximum Gasteiger partial charge on any atom is 0.262 e. The molecule has 0 unspecified atom stereocenters. The lowest BCUT2D eigenvalue weighted by Gasteiger charge is -2.16. The number of nitrogens with zero attached hydrogens (tertiary/aromatic N) is 2. The quantitative estimate of drug-likeness (QED) is 0.915. The molecule has 0 aliphatic carbocycles. The summed E-state index contributed by atoms with van der Waals surface area (Å²) in [6.45, 7) is 1.27. The van der Waals surface area contributed by atoms with Gasteiger partial charge in [0.05, 0.1) is 18.5 Å². The van der Waals surface area contributed by atoms with E-state index in [2.05, 4.69) is 26.3 Å². The molecular weight excluding hydrogens is 329 g/mol. The van der Waals surface area contributed by atoms with Crippen LogP contribution in [0.5, 0.6) is 5.88 Å². The van der Waals surface area contributed by atoms with Crippen molar-refractivity contribution in [1.29, 1.82) is 0 Å². The van der Waals surface area contributed by atoms with E-state index in [-0.39, 0.29) is 5.69 Å². The molecule has 0 fully saturated rings. The molecule has 0 saturated carbocycles. The van der Waals surface area contributed by atoms with Crippen LogP contribution >= 0.6 is 15.9 Å². The lowest BCUT2D eigenvalue weighted by Crippen LogP contribution is -2.18. The summed E-state index contributed by atoms with van der Waals surface area (Å²) in [6.07, 6.45) is 2.30. The molecule has 104 valence electrons. The van der Waals surface area contributed by atoms with Gasteiger partial charge in [0.1, 0.15) is 11.4 Å². The molecule has 1 aliphatic rings. The highest BCUT2D eigenvalue weighted by Gasteiger charge is 2.22. The zero-order chi connectivity index (χ0) is 14.1. The maximum atomic E-state index is 13.7. The van der Waals surface area contributed by atoms with Crippen LogP contribution in [0.4, 0.5) is 10.1 Å². The fraction of sp³-hybridized carbons (Fsp3) is 0.231. The lowest BCUT2D eigenvalue weighted by molar-refractivity contribution is 0.102. The van der Waals surface area contributed by atoms with E-state index in [1.54, 1.807) is 10.7 Å². The third kappa shape index (κ3) is 2.40. The minimum atomic E-state index is -0.505. The summed E-state index contributed by atoms with van der Waals surface area (Å²) in [4.78, 5) is 12.2. The second-order valence-corrected chi connectivity index (χ2v) is 5.28. The molecule has 1 aromatic carbocycles. The monoisotopic (exact) mass is 339 g/mol. The predicted octanol–water partition coefficient (Wildman–Crippen LogP) is 2.82. The van der Waals surface area contributed by atoms with Crippen molar-refractivity contribution in [3.8, 4) is 5.88 Å². The van der Waals surface area contributed by atoms with Gasteiger partial charge in [0, 0.05) is 17.4 Å². The summed E-state index contributed by atoms with van der Waals surface area (Å²) in [5, 5.41) is 6.61. The average molecular weight is 340 g/mol. The molecule has 1 aliphatic heterocycles. The highest BCUT2D eigenvalue weighted by molar-refractivity contribution is 9.10. The number of carbonyl (C=O) groups is 1. The van der Waals surface area contributed by atoms with Crippen molar-refractivity contribution < 1.29 is 13.9 Å². The van der Waals surface area contributed by atoms with Crippen LogP contribution in [0.1, 0.15) is 16.8 Å². The predicted molar refractivity (Wildman–Crippen MR) is 74.4 cm³/mol. The number of fused-ring (bicyclic) bond motifs is 1. The van der Waals surface area contributed by atoms with Crippen LogP contribution in [-0.2, 0) is 6.54 Å². The standard InChI is InChI=1S/C13H11BrFN3O2/c14-8-2-3-11(10(15)6-8)17-12(19)9-7-16-18-4-1-5-20-13(9)18/h2-3,6-7H,1,4-5H2,(H,17,19). The molecule has 2 heterocycles. The van der Waals surface area contributed by atoms with Crippen molar-refractivity contribution in [3.05, 3.63) is 40.2 Å². The molecule has 1 aromatic heterocycles. The number of aryl methyl sites for hydroxylation is 1. The number of hydrogen-bond acceptors (Lipinski definition) is 3. The van der Waals surface area contributed by atoms with Crippen LogP contribution in [0.25, 0.3) is 0 Å². The summed E-state index contributed by atoms with van der Waals surface area (Å²) < 4.78 is 21.4. The molecule has 1 amide bonds. The SMILES string of the molecule is O=C(Nc1ccc(Br)cc1F)c1cnn2c1OCCC2. The molecule has 0 spiro atoms. The second-order valence-electron chi connectivity index (χ2n) is 4.37. The van der Waals surface area contributed by atoms with Crippen molar-refractivity contribution in [2.24, 2.45) is 0 Å². The average Bonchev–Trinajstić information content (AvgIpc) is 2.86. The molecule has 0 radical (unpaired) electrons. The first-order chi connectivity index (χ1) is 9.65. The summed E-state index contributed by atoms with van der Waals surface area (Å²) in [5.74, 6) is -0.504. The fourth-order valence-electron chi connectivity index (χ4n) is 2.01. The van der Waals surface area contributed by atoms with Crippen LogP contribution in [0.15, 0.2) is 28.9 Å². The number of hydrogen-bond donors (Lipinski definition) is 1. The van der Waals surface area contributed by atoms with Gasteiger partial charge in [0.15, 0.2) is 0 Å². The summed E-state index contributed by atoms with van der Waals surface area (Å²) in [7, 11) is 0. The van der Waals surface area contributed by atoms with Crippen LogP contribution in [-0.4, -0.2) is 22.3 Å². The van der Waals surface area contributed by atoms with Gasteiger partial charge in [-0.2, -0.15) is 5.10 Å². The molecular formula is C13H11BrFN3O2. The van der Waals surface area contributed by atoms with E-state index >= 15 is 0 Å². The number of halogens is 2. The third-order valence-corrected chi connectivity index (χ3v) is 3.46. The third-order valence-electron chi connectivity index (χ3n) is 2.97. The smallest absolute Gasteiger partial charge is 0.262 e. The Morgan fingerprint density at radius 3 is 3.15 bits per heavy atom. The Morgan fingerprint density at radius 1 is 1.50 bits per heavy atom. The molecule has 7 heteroatoms. The van der Waals surface area contributed by atoms with Gasteiger partial charge in [-0.1, -0.05) is 15.9 Å². The Labute approximate surface area is 122 Å². The van der Waals surface area contributed by atoms with Gasteiger partial charge in [0.2, 0.25) is 5.88 Å². The number of carbonyl (C=O) groups excluding carboxylic acids is 1. The normalized spacial score (nSPS) is 13.5. The van der Waals surface area contributed by atoms with Crippen molar-refractivity contribution in [2.45, 2.75) is 13.0 Å². The number of anilines is 1. The number of rotatable bonds is 2. The number of benzene rings is 1. The first kappa shape index (κ1) is 13.1. The zero-order valence-electron chi connectivity index (χ0n) is 10.4. The number of amides is 1. The van der Waals surface area contributed by atoms with Crippen LogP contribution < -0.4 is 10.1 Å². The minimum Gasteiger partial charge on any atom is -0.477 e. The molecule has 5 nitrogen and oxygen atoms in total. The number of ether oxygens (including phenoxy) is 1. The van der Waals surface area contributed by atoms with Gasteiger partial charge in [-0.05, 0) is 18.2 Å². The largest absolute Gasteiger partial charge is 0.477 e. The van der Waals surface area contributed by atoms with E-state index < -0.39 is 11.7 Å². The maximum absolute atomic E-state index is 13.7. The highest BCUT2D eigenvalue weighted by atomic mass is 79.9. The van der Waals surface area contributed by atoms with Crippen molar-refractivity contribution in [1.82, 2.24) is 9.78 Å². The Morgan fingerprint density at radius 2 is 2.35 bits per heavy atom. The van der Waals surface area contributed by atoms with E-state index in [9.17, 15) is 9.18 Å². The highest BCUT2D eigenvalue weighted by Crippen LogP contribution is 2.25. The number of aromatic nitrogens is 2. The van der Waals surface area contributed by atoms with Crippen LogP contribution in [0, 0.1) is 5.82 Å². The molecule has 0 saturated heterocycles. The molecule has 0 bridgehead atoms. The van der Waals surface area contributed by atoms with Crippen LogP contribution in [0.2, 0.25) is 0 Å². The van der Waals surface area contributed by atoms with Gasteiger partial charge in [0.25, 0.3) is 5.91 Å². The van der Waals surface area contributed by atoms with Crippen molar-refractivity contribution in [3.63, 3.8) is 0 Å². The van der Waals surface area contributed by atoms with Crippen molar-refractivity contribution >= 4 is 27.5 Å². The summed E-state index contributed by atoms with van der Waals surface area (Å²) in [5.41, 5.74) is 0.431. The molecule has 3 rings (SSSR count). The second kappa shape index (κ2) is 5.24. The van der Waals surface area contributed by atoms with Gasteiger partial charge in [-0.15, -0.1) is 0 Å². The fourth-order valence-corrected chi connectivity index (χ4v) is 2.34. The van der Waals surface area contributed by atoms with Crippen molar-refractivity contribution in [2.75, 3.05) is 11.9 Å². The topological polar surface area (TPSA) is 56.2 Å². The Balaban J connectivity index is 1.84. The molecule has 2 aromatic rings. The van der Waals surface area contributed by atoms with Gasteiger partial charge >= 0.3 is 0 Å². The lowest BCUT2D eigenvalue weighted by atomic mass is 10.2. The first-order valence-corrected chi connectivity index (χ1v) is 6.89. The Hall–Kier alpha value is -1.89. The Kier molecular flexibility index (Phi) is 3.43. The molecule has 0 atom stereocenters. The van der Waals surface area contributed by atoms with Gasteiger partial charge in [-0.25, -0.2) is 9.07 Å². The van der Waals surface area contributed by atoms with Gasteiger partial charge < -0.3 is 10.1 Å². The summed E-state index contributed by atoms with van der Waals surface area (Å²) >= 11 is 3.16. The minimum absolute atomic E-state index is 0.119. The molecule has 1 N–H and O–H groups in total. The number of nitrogens with one attached hydrogen (secondary N) is 1. The Bertz CT molecular complexity index is 672. The van der Waals surface area contributed by atoms with E-state index in [0.29, 0.717) is 22.5 Å². The molecule has 20 heavy (non-hydrogen) atoms. The van der Waals surface area contributed by atoms with E-state index in [4.69, 9.17) is 4.74 Å². The van der Waals surface area contributed by atoms with E-state index in [0.717, 1.165) is 13.0 Å². The first-order valence-electron chi connectivity index (χ1n) is 6.10. The van der Waals surface area contributed by atoms with E-state index in [1.807, 2.05) is 0 Å². The summed E-state index contributed by atoms with van der Waals surface area (Å²) in [6, 6.07) is 4.44. The van der Waals surface area contributed by atoms with Crippen LogP contribution in [0.3, 0.4) is 0 Å². The zero-order valence-corrected chi connectivity index (χ0v) is 12.0. The van der Waals surface area contributed by atoms with Gasteiger partial charge in [-0.3, -0.25) is 4.79 Å². The van der Waals surface area contributed by atoms with E-state index in [1.165, 1.54) is 18.3 Å².